The number of nitrogens with two attached hydrogens (primary N) is 1. The minimum absolute atomic E-state index is 0.307. The Bertz CT molecular complexity index is 654. The molecule has 0 bridgehead atoms. The highest BCUT2D eigenvalue weighted by Crippen LogP contribution is 2.28. The van der Waals surface area contributed by atoms with E-state index < -0.39 is 0 Å². The molecule has 1 aromatic carbocycles. The average Bonchev–Trinajstić information content (AvgIpc) is 2.86. The zero-order valence-electron chi connectivity index (χ0n) is 15.0. The molecule has 3 N–H and O–H groups in total. The van der Waals surface area contributed by atoms with E-state index in [0.29, 0.717) is 12.1 Å². The third-order valence-corrected chi connectivity index (χ3v) is 4.80. The second-order valence-corrected chi connectivity index (χ2v) is 7.07. The minimum atomic E-state index is 0.307. The predicted octanol–water partition coefficient (Wildman–Crippen LogP) is 3.43. The number of hydrogen-bond donors (Lipinski definition) is 2. The Morgan fingerprint density at radius 3 is 2.50 bits per heavy atom. The Labute approximate surface area is 144 Å². The lowest BCUT2D eigenvalue weighted by atomic mass is 10.0. The Hall–Kier alpha value is -2.01. The molecule has 0 atom stereocenters. The maximum absolute atomic E-state index is 6.23. The molecule has 1 aliphatic rings. The molecule has 1 aromatic heterocycles. The van der Waals surface area contributed by atoms with Crippen molar-refractivity contribution in [1.29, 1.82) is 0 Å². The van der Waals surface area contributed by atoms with E-state index in [1.165, 1.54) is 5.56 Å². The van der Waals surface area contributed by atoms with Gasteiger partial charge in [0.25, 0.3) is 0 Å². The van der Waals surface area contributed by atoms with Crippen molar-refractivity contribution in [2.75, 3.05) is 24.1 Å². The number of nitrogen functional groups attached to an aromatic ring is 1. The molecular weight excluding hydrogens is 298 g/mol. The lowest BCUT2D eigenvalue weighted by Crippen LogP contribution is -2.39. The fraction of sp³-hybridized carbons (Fsp3) is 0.526. The van der Waals surface area contributed by atoms with Gasteiger partial charge in [-0.3, -0.25) is 4.90 Å². The van der Waals surface area contributed by atoms with Gasteiger partial charge in [-0.25, -0.2) is 4.68 Å². The minimum Gasteiger partial charge on any atom is -0.394 e. The van der Waals surface area contributed by atoms with Crippen molar-refractivity contribution in [2.24, 2.45) is 0 Å². The standard InChI is InChI=1S/C19H29N5/c1-14(2)24-19(18(20)15(3)22-24)21-17-9-11-23(12-10-17)13-16-7-5-4-6-8-16/h4-8,14,17,21H,9-13,20H2,1-3H3. The van der Waals surface area contributed by atoms with Crippen molar-refractivity contribution in [3.05, 3.63) is 41.6 Å². The van der Waals surface area contributed by atoms with Crippen molar-refractivity contribution in [3.63, 3.8) is 0 Å². The summed E-state index contributed by atoms with van der Waals surface area (Å²) in [6.45, 7) is 9.52. The Morgan fingerprint density at radius 1 is 1.21 bits per heavy atom. The second-order valence-electron chi connectivity index (χ2n) is 7.07. The molecule has 24 heavy (non-hydrogen) atoms. The third kappa shape index (κ3) is 3.73. The lowest BCUT2D eigenvalue weighted by molar-refractivity contribution is 0.211. The quantitative estimate of drug-likeness (QED) is 0.883. The van der Waals surface area contributed by atoms with Gasteiger partial charge in [-0.15, -0.1) is 0 Å². The van der Waals surface area contributed by atoms with Crippen LogP contribution in [-0.2, 0) is 6.54 Å². The van der Waals surface area contributed by atoms with E-state index in [9.17, 15) is 0 Å². The largest absolute Gasteiger partial charge is 0.394 e. The zero-order valence-corrected chi connectivity index (χ0v) is 15.0. The summed E-state index contributed by atoms with van der Waals surface area (Å²) in [5.74, 6) is 0.990. The fourth-order valence-corrected chi connectivity index (χ4v) is 3.35. The van der Waals surface area contributed by atoms with Crippen molar-refractivity contribution in [3.8, 4) is 0 Å². The van der Waals surface area contributed by atoms with Gasteiger partial charge in [-0.2, -0.15) is 5.10 Å². The maximum atomic E-state index is 6.23. The molecule has 0 spiro atoms. The molecule has 0 aliphatic carbocycles. The van der Waals surface area contributed by atoms with Crippen LogP contribution >= 0.6 is 0 Å². The van der Waals surface area contributed by atoms with E-state index in [1.807, 2.05) is 11.6 Å². The molecule has 130 valence electrons. The normalized spacial score (nSPS) is 16.7. The summed E-state index contributed by atoms with van der Waals surface area (Å²) in [6, 6.07) is 11.5. The second kappa shape index (κ2) is 7.26. The molecule has 0 amide bonds. The van der Waals surface area contributed by atoms with E-state index in [0.717, 1.165) is 49.7 Å². The zero-order chi connectivity index (χ0) is 17.1. The van der Waals surface area contributed by atoms with Gasteiger partial charge in [0.15, 0.2) is 0 Å². The SMILES string of the molecule is Cc1nn(C(C)C)c(NC2CCN(Cc3ccccc3)CC2)c1N. The highest BCUT2D eigenvalue weighted by atomic mass is 15.4. The summed E-state index contributed by atoms with van der Waals surface area (Å²) in [6.07, 6.45) is 2.27. The van der Waals surface area contributed by atoms with Crippen molar-refractivity contribution in [2.45, 2.75) is 52.2 Å². The first-order valence-electron chi connectivity index (χ1n) is 8.92. The average molecular weight is 327 g/mol. The maximum Gasteiger partial charge on any atom is 0.148 e. The first kappa shape index (κ1) is 16.8. The van der Waals surface area contributed by atoms with E-state index >= 15 is 0 Å². The number of benzene rings is 1. The molecular formula is C19H29N5. The predicted molar refractivity (Wildman–Crippen MR) is 100 cm³/mol. The monoisotopic (exact) mass is 327 g/mol. The van der Waals surface area contributed by atoms with Crippen LogP contribution in [0.1, 0.15) is 44.0 Å². The molecule has 1 aliphatic heterocycles. The molecule has 1 saturated heterocycles. The van der Waals surface area contributed by atoms with Crippen molar-refractivity contribution in [1.82, 2.24) is 14.7 Å². The summed E-state index contributed by atoms with van der Waals surface area (Å²) < 4.78 is 2.01. The fourth-order valence-electron chi connectivity index (χ4n) is 3.35. The van der Waals surface area contributed by atoms with E-state index in [1.54, 1.807) is 0 Å². The van der Waals surface area contributed by atoms with Crippen molar-refractivity contribution < 1.29 is 0 Å². The number of nitrogens with zero attached hydrogens (tertiary/aromatic N) is 3. The van der Waals surface area contributed by atoms with Crippen LogP contribution in [0.4, 0.5) is 11.5 Å². The van der Waals surface area contributed by atoms with Gasteiger partial charge in [0, 0.05) is 31.7 Å². The molecule has 3 rings (SSSR count). The number of rotatable bonds is 5. The van der Waals surface area contributed by atoms with E-state index in [4.69, 9.17) is 5.73 Å². The molecule has 0 saturated carbocycles. The van der Waals surface area contributed by atoms with Crippen LogP contribution in [0.15, 0.2) is 30.3 Å². The summed E-state index contributed by atoms with van der Waals surface area (Å²) in [4.78, 5) is 2.53. The topological polar surface area (TPSA) is 59.1 Å². The smallest absolute Gasteiger partial charge is 0.148 e. The molecule has 0 unspecified atom stereocenters. The van der Waals surface area contributed by atoms with Crippen LogP contribution in [-0.4, -0.2) is 33.8 Å². The number of aromatic nitrogens is 2. The number of piperidine rings is 1. The number of anilines is 2. The van der Waals surface area contributed by atoms with Crippen LogP contribution in [0.2, 0.25) is 0 Å². The highest BCUT2D eigenvalue weighted by molar-refractivity contribution is 5.65. The summed E-state index contributed by atoms with van der Waals surface area (Å²) in [5.41, 5.74) is 9.32. The van der Waals surface area contributed by atoms with Crippen LogP contribution in [0, 0.1) is 6.92 Å². The number of hydrogen-bond acceptors (Lipinski definition) is 4. The van der Waals surface area contributed by atoms with Crippen LogP contribution in [0.3, 0.4) is 0 Å². The van der Waals surface area contributed by atoms with Gasteiger partial charge in [-0.05, 0) is 39.2 Å². The Morgan fingerprint density at radius 2 is 1.88 bits per heavy atom. The molecule has 2 aromatic rings. The van der Waals surface area contributed by atoms with Gasteiger partial charge in [0.1, 0.15) is 5.82 Å². The van der Waals surface area contributed by atoms with Crippen LogP contribution in [0.25, 0.3) is 0 Å². The van der Waals surface area contributed by atoms with Gasteiger partial charge < -0.3 is 11.1 Å². The first-order valence-corrected chi connectivity index (χ1v) is 8.92. The van der Waals surface area contributed by atoms with Crippen molar-refractivity contribution >= 4 is 11.5 Å². The van der Waals surface area contributed by atoms with E-state index in [-0.39, 0.29) is 0 Å². The van der Waals surface area contributed by atoms with Gasteiger partial charge in [0.05, 0.1) is 11.4 Å². The number of aryl methyl sites for hydroxylation is 1. The van der Waals surface area contributed by atoms with Crippen LogP contribution < -0.4 is 11.1 Å². The highest BCUT2D eigenvalue weighted by Gasteiger charge is 2.22. The van der Waals surface area contributed by atoms with Gasteiger partial charge in [0.2, 0.25) is 0 Å². The summed E-state index contributed by atoms with van der Waals surface area (Å²) >= 11 is 0. The van der Waals surface area contributed by atoms with E-state index in [2.05, 4.69) is 59.5 Å². The van der Waals surface area contributed by atoms with Crippen LogP contribution in [0.5, 0.6) is 0 Å². The van der Waals surface area contributed by atoms with Gasteiger partial charge >= 0.3 is 0 Å². The molecule has 2 heterocycles. The molecule has 0 radical (unpaired) electrons. The molecule has 1 fully saturated rings. The summed E-state index contributed by atoms with van der Waals surface area (Å²) in [7, 11) is 0. The van der Waals surface area contributed by atoms with Gasteiger partial charge in [-0.1, -0.05) is 30.3 Å². The molecule has 5 heteroatoms. The molecule has 5 nitrogen and oxygen atoms in total. The first-order chi connectivity index (χ1) is 11.5. The number of likely N-dealkylation sites (tertiary alicyclic amines) is 1. The summed E-state index contributed by atoms with van der Waals surface area (Å²) in [5, 5.41) is 8.22. The Balaban J connectivity index is 1.58. The lowest BCUT2D eigenvalue weighted by Gasteiger charge is -2.33. The Kier molecular flexibility index (Phi) is 5.09. The number of nitrogens with one attached hydrogen (secondary N) is 1. The third-order valence-electron chi connectivity index (χ3n) is 4.80.